The number of carbonyl (C=O) groups excluding carboxylic acids is 1. The number of nitrogens with zero attached hydrogens (tertiary/aromatic N) is 1. The monoisotopic (exact) mass is 369 g/mol. The highest BCUT2D eigenvalue weighted by molar-refractivity contribution is 6.36. The van der Waals surface area contributed by atoms with Crippen molar-refractivity contribution in [1.29, 1.82) is 0 Å². The molecule has 0 aromatic heterocycles. The first-order valence-electron chi connectivity index (χ1n) is 6.68. The molecule has 0 radical (unpaired) electrons. The van der Waals surface area contributed by atoms with Crippen LogP contribution in [0.3, 0.4) is 0 Å². The Bertz CT molecular complexity index is 626. The molecule has 1 aliphatic heterocycles. The van der Waals surface area contributed by atoms with E-state index in [4.69, 9.17) is 28.3 Å². The Hall–Kier alpha value is -1.47. The highest BCUT2D eigenvalue weighted by atomic mass is 35.5. The van der Waals surface area contributed by atoms with E-state index in [9.17, 15) is 22.8 Å². The van der Waals surface area contributed by atoms with Gasteiger partial charge in [-0.05, 0) is 30.5 Å². The summed E-state index contributed by atoms with van der Waals surface area (Å²) in [6.07, 6.45) is -4.05. The van der Waals surface area contributed by atoms with E-state index in [1.807, 2.05) is 0 Å². The van der Waals surface area contributed by atoms with Crippen molar-refractivity contribution >= 4 is 35.1 Å². The number of hydrogen-bond donors (Lipinski definition) is 1. The number of amides is 1. The van der Waals surface area contributed by atoms with Crippen LogP contribution in [0.5, 0.6) is 0 Å². The van der Waals surface area contributed by atoms with Gasteiger partial charge in [-0.2, -0.15) is 13.2 Å². The quantitative estimate of drug-likeness (QED) is 0.884. The van der Waals surface area contributed by atoms with Crippen LogP contribution in [-0.4, -0.2) is 34.5 Å². The van der Waals surface area contributed by atoms with Gasteiger partial charge in [-0.15, -0.1) is 0 Å². The zero-order chi connectivity index (χ0) is 17.4. The van der Waals surface area contributed by atoms with Gasteiger partial charge in [-0.1, -0.05) is 23.2 Å². The lowest BCUT2D eigenvalue weighted by Gasteiger charge is -2.22. The van der Waals surface area contributed by atoms with E-state index in [0.29, 0.717) is 25.0 Å². The fraction of sp³-hybridized carbons (Fsp3) is 0.429. The first kappa shape index (κ1) is 17.9. The molecule has 1 atom stereocenters. The normalized spacial score (nSPS) is 18.3. The number of carboxylic acid groups (broad SMARTS) is 1. The third-order valence-corrected chi connectivity index (χ3v) is 4.33. The minimum absolute atomic E-state index is 0.0578. The topological polar surface area (TPSA) is 57.6 Å². The second-order valence-corrected chi connectivity index (χ2v) is 5.99. The number of likely N-dealkylation sites (tertiary alicyclic amines) is 1. The number of alkyl halides is 3. The molecule has 2 rings (SSSR count). The Morgan fingerprint density at radius 1 is 1.26 bits per heavy atom. The van der Waals surface area contributed by atoms with Gasteiger partial charge < -0.3 is 10.0 Å². The van der Waals surface area contributed by atoms with Crippen LogP contribution in [0.2, 0.25) is 10.0 Å². The van der Waals surface area contributed by atoms with Gasteiger partial charge in [0.1, 0.15) is 6.04 Å². The van der Waals surface area contributed by atoms with Crippen LogP contribution in [0.1, 0.15) is 24.0 Å². The number of benzene rings is 1. The summed E-state index contributed by atoms with van der Waals surface area (Å²) in [5.74, 6) is -1.64. The summed E-state index contributed by atoms with van der Waals surface area (Å²) in [5.41, 5.74) is -0.948. The van der Waals surface area contributed by atoms with E-state index in [2.05, 4.69) is 0 Å². The summed E-state index contributed by atoms with van der Waals surface area (Å²) < 4.78 is 38.0. The van der Waals surface area contributed by atoms with Crippen LogP contribution >= 0.6 is 23.2 Å². The summed E-state index contributed by atoms with van der Waals surface area (Å²) in [6, 6.07) is 0.484. The lowest BCUT2D eigenvalue weighted by atomic mass is 10.1. The number of hydrogen-bond acceptors (Lipinski definition) is 2. The van der Waals surface area contributed by atoms with E-state index in [0.717, 1.165) is 0 Å². The zero-order valence-electron chi connectivity index (χ0n) is 11.7. The van der Waals surface area contributed by atoms with Crippen LogP contribution in [0, 0.1) is 0 Å². The molecule has 23 heavy (non-hydrogen) atoms. The number of carboxylic acids is 1. The Balaban J connectivity index is 2.23. The van der Waals surface area contributed by atoms with Crippen LogP contribution in [0.15, 0.2) is 12.1 Å². The van der Waals surface area contributed by atoms with Gasteiger partial charge in [0.05, 0.1) is 12.0 Å². The van der Waals surface area contributed by atoms with Crippen molar-refractivity contribution in [3.05, 3.63) is 33.3 Å². The maximum Gasteiger partial charge on any atom is 0.416 e. The van der Waals surface area contributed by atoms with Crippen molar-refractivity contribution < 1.29 is 27.9 Å². The third-order valence-electron chi connectivity index (χ3n) is 3.65. The second-order valence-electron chi connectivity index (χ2n) is 5.18. The molecule has 1 aromatic rings. The molecule has 126 valence electrons. The van der Waals surface area contributed by atoms with Gasteiger partial charge in [0.2, 0.25) is 5.91 Å². The first-order valence-corrected chi connectivity index (χ1v) is 7.44. The van der Waals surface area contributed by atoms with Crippen LogP contribution in [-0.2, 0) is 22.2 Å². The molecule has 4 nitrogen and oxygen atoms in total. The fourth-order valence-corrected chi connectivity index (χ4v) is 3.13. The van der Waals surface area contributed by atoms with Gasteiger partial charge in [-0.3, -0.25) is 4.79 Å². The Morgan fingerprint density at radius 3 is 2.30 bits per heavy atom. The van der Waals surface area contributed by atoms with Crippen molar-refractivity contribution in [3.63, 3.8) is 0 Å². The van der Waals surface area contributed by atoms with Gasteiger partial charge >= 0.3 is 12.1 Å². The molecule has 1 fully saturated rings. The molecule has 0 spiro atoms. The van der Waals surface area contributed by atoms with Crippen molar-refractivity contribution in [3.8, 4) is 0 Å². The van der Waals surface area contributed by atoms with E-state index < -0.39 is 29.7 Å². The highest BCUT2D eigenvalue weighted by Crippen LogP contribution is 2.36. The summed E-state index contributed by atoms with van der Waals surface area (Å²) >= 11 is 11.6. The minimum atomic E-state index is -4.60. The summed E-state index contributed by atoms with van der Waals surface area (Å²) in [6.45, 7) is 0.283. The highest BCUT2D eigenvalue weighted by Gasteiger charge is 2.35. The van der Waals surface area contributed by atoms with E-state index in [-0.39, 0.29) is 28.6 Å². The molecule has 1 saturated heterocycles. The Kier molecular flexibility index (Phi) is 5.10. The average molecular weight is 370 g/mol. The predicted octanol–water partition coefficient (Wildman–Crippen LogP) is 3.63. The molecule has 0 bridgehead atoms. The summed E-state index contributed by atoms with van der Waals surface area (Å²) in [4.78, 5) is 24.5. The van der Waals surface area contributed by atoms with Gasteiger partial charge in [0.15, 0.2) is 0 Å². The molecule has 1 amide bonds. The smallest absolute Gasteiger partial charge is 0.416 e. The number of carbonyl (C=O) groups is 2. The predicted molar refractivity (Wildman–Crippen MR) is 77.5 cm³/mol. The van der Waals surface area contributed by atoms with Crippen molar-refractivity contribution in [2.75, 3.05) is 6.54 Å². The van der Waals surface area contributed by atoms with Crippen molar-refractivity contribution in [2.45, 2.75) is 31.5 Å². The van der Waals surface area contributed by atoms with Crippen molar-refractivity contribution in [1.82, 2.24) is 4.90 Å². The Morgan fingerprint density at radius 2 is 1.83 bits per heavy atom. The van der Waals surface area contributed by atoms with Crippen LogP contribution in [0.25, 0.3) is 0 Å². The summed E-state index contributed by atoms with van der Waals surface area (Å²) in [5, 5.41) is 8.52. The summed E-state index contributed by atoms with van der Waals surface area (Å²) in [7, 11) is 0. The van der Waals surface area contributed by atoms with E-state index in [1.54, 1.807) is 0 Å². The molecule has 1 heterocycles. The van der Waals surface area contributed by atoms with Gasteiger partial charge in [0, 0.05) is 16.6 Å². The minimum Gasteiger partial charge on any atom is -0.480 e. The number of aliphatic carboxylic acids is 1. The first-order chi connectivity index (χ1) is 10.6. The third kappa shape index (κ3) is 3.90. The molecule has 1 aromatic carbocycles. The molecule has 1 aliphatic rings. The fourth-order valence-electron chi connectivity index (χ4n) is 2.51. The molecule has 1 N–H and O–H groups in total. The number of rotatable bonds is 3. The SMILES string of the molecule is O=C(O)[C@@H]1CCCN1C(=O)Cc1c(Cl)cc(C(F)(F)F)cc1Cl. The average Bonchev–Trinajstić information content (AvgIpc) is 2.90. The molecular weight excluding hydrogens is 358 g/mol. The largest absolute Gasteiger partial charge is 0.480 e. The molecule has 0 unspecified atom stereocenters. The van der Waals surface area contributed by atoms with E-state index >= 15 is 0 Å². The standard InChI is InChI=1S/C14H12Cl2F3NO3/c15-9-4-7(14(17,18)19)5-10(16)8(9)6-12(21)20-3-1-2-11(20)13(22)23/h4-5,11H,1-3,6H2,(H,22,23)/t11-/m0/s1. The van der Waals surface area contributed by atoms with Gasteiger partial charge in [-0.25, -0.2) is 4.79 Å². The van der Waals surface area contributed by atoms with Crippen molar-refractivity contribution in [2.24, 2.45) is 0 Å². The van der Waals surface area contributed by atoms with Gasteiger partial charge in [0.25, 0.3) is 0 Å². The molecule has 0 saturated carbocycles. The maximum atomic E-state index is 12.7. The second kappa shape index (κ2) is 6.57. The van der Waals surface area contributed by atoms with Crippen LogP contribution in [0.4, 0.5) is 13.2 Å². The lowest BCUT2D eigenvalue weighted by molar-refractivity contribution is -0.148. The lowest BCUT2D eigenvalue weighted by Crippen LogP contribution is -2.41. The zero-order valence-corrected chi connectivity index (χ0v) is 13.2. The van der Waals surface area contributed by atoms with Crippen LogP contribution < -0.4 is 0 Å². The molecule has 9 heteroatoms. The van der Waals surface area contributed by atoms with E-state index in [1.165, 1.54) is 4.90 Å². The molecular formula is C14H12Cl2F3NO3. The maximum absolute atomic E-state index is 12.7. The Labute approximate surface area is 139 Å². The molecule has 0 aliphatic carbocycles. The number of halogens is 5.